The predicted molar refractivity (Wildman–Crippen MR) is 73.8 cm³/mol. The molecule has 0 aliphatic carbocycles. The summed E-state index contributed by atoms with van der Waals surface area (Å²) < 4.78 is 50.1. The topological polar surface area (TPSA) is 54.5 Å². The van der Waals surface area contributed by atoms with Crippen molar-refractivity contribution in [1.82, 2.24) is 0 Å². The van der Waals surface area contributed by atoms with Crippen LogP contribution in [0.2, 0.25) is 0 Å². The highest BCUT2D eigenvalue weighted by atomic mass is 32.2. The monoisotopic (exact) mass is 315 g/mol. The summed E-state index contributed by atoms with van der Waals surface area (Å²) in [6.45, 7) is 1.56. The molecule has 1 amide bonds. The smallest absolute Gasteiger partial charge is 0.248 e. The van der Waals surface area contributed by atoms with Crippen molar-refractivity contribution >= 4 is 21.4 Å². The van der Waals surface area contributed by atoms with Crippen LogP contribution in [0.3, 0.4) is 0 Å². The number of hydrogen-bond acceptors (Lipinski definition) is 3. The lowest BCUT2D eigenvalue weighted by molar-refractivity contribution is -0.120. The van der Waals surface area contributed by atoms with E-state index in [0.29, 0.717) is 18.4 Å². The molecule has 0 N–H and O–H groups in total. The Bertz CT molecular complexity index is 732. The molecule has 7 heteroatoms. The van der Waals surface area contributed by atoms with E-state index < -0.39 is 32.1 Å². The third-order valence-electron chi connectivity index (χ3n) is 4.48. The van der Waals surface area contributed by atoms with E-state index in [-0.39, 0.29) is 24.4 Å². The molecule has 4 nitrogen and oxygen atoms in total. The Morgan fingerprint density at radius 1 is 1.33 bits per heavy atom. The van der Waals surface area contributed by atoms with Gasteiger partial charge in [-0.1, -0.05) is 6.07 Å². The van der Waals surface area contributed by atoms with Crippen LogP contribution in [-0.2, 0) is 21.1 Å². The maximum atomic E-state index is 14.0. The van der Waals surface area contributed by atoms with Crippen LogP contribution >= 0.6 is 0 Å². The quantitative estimate of drug-likeness (QED) is 0.794. The van der Waals surface area contributed by atoms with Crippen molar-refractivity contribution in [2.24, 2.45) is 0 Å². The molecule has 1 fully saturated rings. The first-order valence-electron chi connectivity index (χ1n) is 6.79. The number of amides is 1. The van der Waals surface area contributed by atoms with Crippen molar-refractivity contribution in [3.8, 4) is 0 Å². The number of fused-ring (bicyclic) bond motifs is 1. The van der Waals surface area contributed by atoms with Gasteiger partial charge in [0.1, 0.15) is 4.75 Å². The number of carbonyl (C=O) groups excluding carboxylic acids is 1. The van der Waals surface area contributed by atoms with Gasteiger partial charge in [-0.2, -0.15) is 0 Å². The average Bonchev–Trinajstić information content (AvgIpc) is 2.96. The third-order valence-corrected chi connectivity index (χ3v) is 7.06. The Kier molecular flexibility index (Phi) is 3.09. The minimum Gasteiger partial charge on any atom is -0.308 e. The summed E-state index contributed by atoms with van der Waals surface area (Å²) in [5, 5.41) is 0. The zero-order valence-corrected chi connectivity index (χ0v) is 12.3. The molecule has 1 aromatic rings. The van der Waals surface area contributed by atoms with Gasteiger partial charge in [-0.05, 0) is 37.8 Å². The van der Waals surface area contributed by atoms with E-state index >= 15 is 0 Å². The number of hydrogen-bond donors (Lipinski definition) is 0. The molecular weight excluding hydrogens is 300 g/mol. The first kappa shape index (κ1) is 14.4. The molecule has 0 aromatic heterocycles. The molecule has 0 radical (unpaired) electrons. The van der Waals surface area contributed by atoms with Gasteiger partial charge in [-0.3, -0.25) is 4.79 Å². The van der Waals surface area contributed by atoms with E-state index in [9.17, 15) is 22.0 Å². The second-order valence-corrected chi connectivity index (χ2v) is 8.27. The predicted octanol–water partition coefficient (Wildman–Crippen LogP) is 1.82. The van der Waals surface area contributed by atoms with Crippen molar-refractivity contribution in [3.05, 3.63) is 29.3 Å². The Morgan fingerprint density at radius 2 is 2.05 bits per heavy atom. The molecule has 1 unspecified atom stereocenters. The summed E-state index contributed by atoms with van der Waals surface area (Å²) in [6, 6.07) is 2.46. The second kappa shape index (κ2) is 4.50. The molecule has 0 bridgehead atoms. The number of benzene rings is 1. The van der Waals surface area contributed by atoms with E-state index in [1.165, 1.54) is 13.0 Å². The Labute approximate surface area is 121 Å². The highest BCUT2D eigenvalue weighted by Gasteiger charge is 2.52. The van der Waals surface area contributed by atoms with Gasteiger partial charge in [0.2, 0.25) is 5.91 Å². The molecule has 0 spiro atoms. The molecule has 114 valence electrons. The van der Waals surface area contributed by atoms with Gasteiger partial charge in [0.25, 0.3) is 0 Å². The maximum absolute atomic E-state index is 14.0. The van der Waals surface area contributed by atoms with Crippen LogP contribution in [0.25, 0.3) is 0 Å². The molecule has 0 saturated carbocycles. The first-order chi connectivity index (χ1) is 9.78. The van der Waals surface area contributed by atoms with Crippen LogP contribution in [0.5, 0.6) is 0 Å². The number of carbonyl (C=O) groups is 1. The fourth-order valence-corrected chi connectivity index (χ4v) is 4.93. The Hall–Kier alpha value is -1.50. The van der Waals surface area contributed by atoms with Crippen molar-refractivity contribution < 1.29 is 22.0 Å². The van der Waals surface area contributed by atoms with Crippen molar-refractivity contribution in [1.29, 1.82) is 0 Å². The van der Waals surface area contributed by atoms with E-state index in [1.807, 2.05) is 0 Å². The second-order valence-electron chi connectivity index (χ2n) is 5.73. The molecule has 2 aliphatic heterocycles. The molecule has 3 rings (SSSR count). The number of sulfone groups is 1. The summed E-state index contributed by atoms with van der Waals surface area (Å²) in [4.78, 5) is 13.8. The summed E-state index contributed by atoms with van der Waals surface area (Å²) >= 11 is 0. The average molecular weight is 315 g/mol. The Morgan fingerprint density at radius 3 is 2.67 bits per heavy atom. The lowest BCUT2D eigenvalue weighted by Crippen LogP contribution is -2.49. The third kappa shape index (κ3) is 1.90. The van der Waals surface area contributed by atoms with Gasteiger partial charge in [0.05, 0.1) is 11.4 Å². The lowest BCUT2D eigenvalue weighted by Gasteiger charge is -2.28. The number of nitrogens with zero attached hydrogens (tertiary/aromatic N) is 1. The van der Waals surface area contributed by atoms with Crippen LogP contribution in [0.4, 0.5) is 14.5 Å². The fraction of sp³-hybridized carbons (Fsp3) is 0.500. The van der Waals surface area contributed by atoms with Gasteiger partial charge in [-0.15, -0.1) is 0 Å². The fourth-order valence-electron chi connectivity index (χ4n) is 3.13. The van der Waals surface area contributed by atoms with Crippen molar-refractivity contribution in [2.75, 3.05) is 17.2 Å². The highest BCUT2D eigenvalue weighted by Crippen LogP contribution is 2.39. The zero-order valence-electron chi connectivity index (χ0n) is 11.5. The van der Waals surface area contributed by atoms with Crippen molar-refractivity contribution in [3.63, 3.8) is 0 Å². The van der Waals surface area contributed by atoms with Crippen LogP contribution < -0.4 is 4.90 Å². The molecule has 21 heavy (non-hydrogen) atoms. The number of rotatable bonds is 1. The Balaban J connectivity index is 2.06. The molecule has 1 saturated heterocycles. The largest absolute Gasteiger partial charge is 0.308 e. The maximum Gasteiger partial charge on any atom is 0.248 e. The summed E-state index contributed by atoms with van der Waals surface area (Å²) in [5.41, 5.74) is 0.421. The SMILES string of the molecule is CC1(C(=O)N2CCc3ccc(F)c(F)c32)CCCS1(=O)=O. The zero-order chi connectivity index (χ0) is 15.4. The van der Waals surface area contributed by atoms with Crippen molar-refractivity contribution in [2.45, 2.75) is 30.9 Å². The van der Waals surface area contributed by atoms with E-state index in [2.05, 4.69) is 0 Å². The molecule has 1 aromatic carbocycles. The van der Waals surface area contributed by atoms with Gasteiger partial charge < -0.3 is 4.90 Å². The highest BCUT2D eigenvalue weighted by molar-refractivity contribution is 7.93. The molecule has 2 heterocycles. The summed E-state index contributed by atoms with van der Waals surface area (Å²) in [7, 11) is -3.56. The first-order valence-corrected chi connectivity index (χ1v) is 8.44. The van der Waals surface area contributed by atoms with Gasteiger partial charge >= 0.3 is 0 Å². The standard InChI is InChI=1S/C14H15F2NO3S/c1-14(6-2-8-21(14,19)20)13(18)17-7-5-9-3-4-10(15)11(16)12(9)17/h3-4H,2,5-8H2,1H3. The van der Waals surface area contributed by atoms with Crippen LogP contribution in [0.1, 0.15) is 25.3 Å². The van der Waals surface area contributed by atoms with Gasteiger partial charge in [0.15, 0.2) is 21.5 Å². The van der Waals surface area contributed by atoms with Gasteiger partial charge in [0, 0.05) is 6.54 Å². The number of anilines is 1. The van der Waals surface area contributed by atoms with E-state index in [1.54, 1.807) is 0 Å². The van der Waals surface area contributed by atoms with E-state index in [4.69, 9.17) is 0 Å². The van der Waals surface area contributed by atoms with Crippen LogP contribution in [0, 0.1) is 11.6 Å². The minimum atomic E-state index is -3.56. The minimum absolute atomic E-state index is 0.0401. The van der Waals surface area contributed by atoms with E-state index in [0.717, 1.165) is 11.0 Å². The molecule has 2 aliphatic rings. The van der Waals surface area contributed by atoms with Crippen LogP contribution in [0.15, 0.2) is 12.1 Å². The normalized spacial score (nSPS) is 26.9. The molecule has 1 atom stereocenters. The van der Waals surface area contributed by atoms with Crippen LogP contribution in [-0.4, -0.2) is 31.4 Å². The summed E-state index contributed by atoms with van der Waals surface area (Å²) in [5.74, 6) is -2.81. The van der Waals surface area contributed by atoms with Gasteiger partial charge in [-0.25, -0.2) is 17.2 Å². The summed E-state index contributed by atoms with van der Waals surface area (Å²) in [6.07, 6.45) is 1.03. The molecular formula is C14H15F2NO3S. The lowest BCUT2D eigenvalue weighted by atomic mass is 10.0. The number of halogens is 2.